The van der Waals surface area contributed by atoms with Crippen LogP contribution in [0.2, 0.25) is 0 Å². The van der Waals surface area contributed by atoms with Gasteiger partial charge in [-0.15, -0.1) is 0 Å². The lowest BCUT2D eigenvalue weighted by molar-refractivity contribution is -0.160. The highest BCUT2D eigenvalue weighted by atomic mass is 19.4. The summed E-state index contributed by atoms with van der Waals surface area (Å²) in [4.78, 5) is 12.2. The minimum absolute atomic E-state index is 0.0127. The highest BCUT2D eigenvalue weighted by Gasteiger charge is 2.41. The van der Waals surface area contributed by atoms with Crippen LogP contribution in [-0.2, 0) is 0 Å². The van der Waals surface area contributed by atoms with Crippen LogP contribution < -0.4 is 10.6 Å². The van der Waals surface area contributed by atoms with Crippen molar-refractivity contribution in [2.75, 3.05) is 6.54 Å². The molecule has 116 valence electrons. The van der Waals surface area contributed by atoms with Gasteiger partial charge in [0.05, 0.1) is 0 Å². The zero-order valence-electron chi connectivity index (χ0n) is 12.1. The van der Waals surface area contributed by atoms with Gasteiger partial charge in [-0.2, -0.15) is 13.2 Å². The molecule has 0 bridgehead atoms. The Bertz CT molecular complexity index is 520. The molecule has 2 unspecified atom stereocenters. The van der Waals surface area contributed by atoms with E-state index in [0.717, 1.165) is 11.1 Å². The van der Waals surface area contributed by atoms with Gasteiger partial charge in [-0.3, -0.25) is 4.79 Å². The highest BCUT2D eigenvalue weighted by Crippen LogP contribution is 2.26. The van der Waals surface area contributed by atoms with Crippen molar-refractivity contribution in [3.8, 4) is 0 Å². The molecule has 2 rings (SSSR count). The van der Waals surface area contributed by atoms with Crippen LogP contribution in [0, 0.1) is 13.8 Å². The molecule has 1 heterocycles. The Labute approximate surface area is 121 Å². The van der Waals surface area contributed by atoms with Crippen molar-refractivity contribution >= 4 is 5.91 Å². The molecule has 1 amide bonds. The lowest BCUT2D eigenvalue weighted by Crippen LogP contribution is -2.54. The largest absolute Gasteiger partial charge is 0.403 e. The van der Waals surface area contributed by atoms with Gasteiger partial charge in [-0.25, -0.2) is 0 Å². The molecular formula is C15H19F3N2O. The SMILES string of the molecule is Cc1ccc(C)c(C(=O)NC2CCC(C(F)(F)F)NC2)c1. The quantitative estimate of drug-likeness (QED) is 0.882. The van der Waals surface area contributed by atoms with E-state index in [2.05, 4.69) is 10.6 Å². The second kappa shape index (κ2) is 6.05. The summed E-state index contributed by atoms with van der Waals surface area (Å²) in [7, 11) is 0. The molecule has 0 radical (unpaired) electrons. The van der Waals surface area contributed by atoms with Crippen LogP contribution >= 0.6 is 0 Å². The van der Waals surface area contributed by atoms with E-state index in [1.165, 1.54) is 0 Å². The monoisotopic (exact) mass is 300 g/mol. The molecule has 2 atom stereocenters. The predicted molar refractivity (Wildman–Crippen MR) is 74.2 cm³/mol. The fourth-order valence-corrected chi connectivity index (χ4v) is 2.50. The molecule has 6 heteroatoms. The summed E-state index contributed by atoms with van der Waals surface area (Å²) in [6.07, 6.45) is -3.91. The number of hydrogen-bond acceptors (Lipinski definition) is 2. The fourth-order valence-electron chi connectivity index (χ4n) is 2.50. The fraction of sp³-hybridized carbons (Fsp3) is 0.533. The molecule has 1 fully saturated rings. The first-order valence-electron chi connectivity index (χ1n) is 6.95. The second-order valence-corrected chi connectivity index (χ2v) is 5.57. The van der Waals surface area contributed by atoms with Gasteiger partial charge in [0.2, 0.25) is 0 Å². The van der Waals surface area contributed by atoms with E-state index in [4.69, 9.17) is 0 Å². The van der Waals surface area contributed by atoms with Crippen LogP contribution in [0.3, 0.4) is 0 Å². The van der Waals surface area contributed by atoms with E-state index in [1.807, 2.05) is 26.0 Å². The molecule has 0 saturated carbocycles. The van der Waals surface area contributed by atoms with Crippen molar-refractivity contribution in [2.24, 2.45) is 0 Å². The van der Waals surface area contributed by atoms with Crippen molar-refractivity contribution in [1.29, 1.82) is 0 Å². The number of carbonyl (C=O) groups excluding carboxylic acids is 1. The molecule has 1 saturated heterocycles. The first-order chi connectivity index (χ1) is 9.77. The first-order valence-corrected chi connectivity index (χ1v) is 6.95. The third-order valence-corrected chi connectivity index (χ3v) is 3.78. The predicted octanol–water partition coefficient (Wildman–Crippen LogP) is 2.72. The van der Waals surface area contributed by atoms with E-state index in [0.29, 0.717) is 12.0 Å². The second-order valence-electron chi connectivity index (χ2n) is 5.57. The number of carbonyl (C=O) groups is 1. The smallest absolute Gasteiger partial charge is 0.348 e. The number of rotatable bonds is 2. The average molecular weight is 300 g/mol. The van der Waals surface area contributed by atoms with Crippen LogP contribution in [0.5, 0.6) is 0 Å². The van der Waals surface area contributed by atoms with Crippen molar-refractivity contribution in [3.63, 3.8) is 0 Å². The van der Waals surface area contributed by atoms with Crippen molar-refractivity contribution in [3.05, 3.63) is 34.9 Å². The van der Waals surface area contributed by atoms with Gasteiger partial charge in [0, 0.05) is 18.2 Å². The summed E-state index contributed by atoms with van der Waals surface area (Å²) in [5.74, 6) is -0.228. The van der Waals surface area contributed by atoms with Gasteiger partial charge in [0.1, 0.15) is 6.04 Å². The maximum atomic E-state index is 12.5. The van der Waals surface area contributed by atoms with Crippen LogP contribution in [0.4, 0.5) is 13.2 Å². The van der Waals surface area contributed by atoms with Crippen LogP contribution in [0.15, 0.2) is 18.2 Å². The van der Waals surface area contributed by atoms with Gasteiger partial charge in [0.15, 0.2) is 0 Å². The molecule has 0 aromatic heterocycles. The third-order valence-electron chi connectivity index (χ3n) is 3.78. The number of alkyl halides is 3. The van der Waals surface area contributed by atoms with Gasteiger partial charge in [-0.1, -0.05) is 17.7 Å². The first kappa shape index (κ1) is 15.8. The van der Waals surface area contributed by atoms with Crippen LogP contribution in [0.25, 0.3) is 0 Å². The Kier molecular flexibility index (Phi) is 4.56. The zero-order valence-corrected chi connectivity index (χ0v) is 12.1. The van der Waals surface area contributed by atoms with E-state index in [1.54, 1.807) is 6.07 Å². The molecular weight excluding hydrogens is 281 g/mol. The van der Waals surface area contributed by atoms with Gasteiger partial charge in [-0.05, 0) is 38.3 Å². The Morgan fingerprint density at radius 1 is 1.29 bits per heavy atom. The van der Waals surface area contributed by atoms with E-state index in [-0.39, 0.29) is 24.9 Å². The summed E-state index contributed by atoms with van der Waals surface area (Å²) in [6, 6.07) is 3.84. The summed E-state index contributed by atoms with van der Waals surface area (Å²) >= 11 is 0. The highest BCUT2D eigenvalue weighted by molar-refractivity contribution is 5.96. The Morgan fingerprint density at radius 2 is 2.00 bits per heavy atom. The number of hydrogen-bond donors (Lipinski definition) is 2. The summed E-state index contributed by atoms with van der Waals surface area (Å²) in [5.41, 5.74) is 2.41. The molecule has 2 N–H and O–H groups in total. The standard InChI is InChI=1S/C15H19F3N2O/c1-9-3-4-10(2)12(7-9)14(21)20-11-5-6-13(19-8-11)15(16,17)18/h3-4,7,11,13,19H,5-6,8H2,1-2H3,(H,20,21). The minimum Gasteiger partial charge on any atom is -0.348 e. The number of halogens is 3. The topological polar surface area (TPSA) is 41.1 Å². The molecule has 21 heavy (non-hydrogen) atoms. The molecule has 0 spiro atoms. The molecule has 1 aliphatic rings. The Morgan fingerprint density at radius 3 is 2.57 bits per heavy atom. The van der Waals surface area contributed by atoms with E-state index >= 15 is 0 Å². The number of amides is 1. The number of aryl methyl sites for hydroxylation is 2. The number of benzene rings is 1. The molecule has 1 aliphatic heterocycles. The maximum absolute atomic E-state index is 12.5. The van der Waals surface area contributed by atoms with Crippen molar-refractivity contribution in [2.45, 2.75) is 44.9 Å². The van der Waals surface area contributed by atoms with Crippen molar-refractivity contribution in [1.82, 2.24) is 10.6 Å². The minimum atomic E-state index is -4.22. The molecule has 1 aromatic rings. The average Bonchev–Trinajstić information content (AvgIpc) is 2.41. The third kappa shape index (κ3) is 3.97. The van der Waals surface area contributed by atoms with E-state index < -0.39 is 12.2 Å². The van der Waals surface area contributed by atoms with E-state index in [9.17, 15) is 18.0 Å². The summed E-state index contributed by atoms with van der Waals surface area (Å²) in [6.45, 7) is 3.88. The number of nitrogens with one attached hydrogen (secondary N) is 2. The van der Waals surface area contributed by atoms with Gasteiger partial charge >= 0.3 is 6.18 Å². The van der Waals surface area contributed by atoms with Crippen LogP contribution in [0.1, 0.15) is 34.3 Å². The Balaban J connectivity index is 1.94. The molecule has 3 nitrogen and oxygen atoms in total. The summed E-state index contributed by atoms with van der Waals surface area (Å²) < 4.78 is 37.6. The normalized spacial score (nSPS) is 22.9. The zero-order chi connectivity index (χ0) is 15.6. The molecule has 0 aliphatic carbocycles. The van der Waals surface area contributed by atoms with Crippen molar-refractivity contribution < 1.29 is 18.0 Å². The Hall–Kier alpha value is -1.56. The lowest BCUT2D eigenvalue weighted by atomic mass is 9.99. The number of piperidine rings is 1. The van der Waals surface area contributed by atoms with Gasteiger partial charge in [0.25, 0.3) is 5.91 Å². The van der Waals surface area contributed by atoms with Gasteiger partial charge < -0.3 is 10.6 Å². The maximum Gasteiger partial charge on any atom is 0.403 e. The van der Waals surface area contributed by atoms with Crippen LogP contribution in [-0.4, -0.2) is 30.7 Å². The molecule has 1 aromatic carbocycles. The lowest BCUT2D eigenvalue weighted by Gasteiger charge is -2.31. The summed E-state index contributed by atoms with van der Waals surface area (Å²) in [5, 5.41) is 5.26.